The maximum absolute atomic E-state index is 5.24. The summed E-state index contributed by atoms with van der Waals surface area (Å²) < 4.78 is 5.24. The molecule has 3 aromatic rings. The number of hydrogen-bond acceptors (Lipinski definition) is 5. The van der Waals surface area contributed by atoms with Gasteiger partial charge in [-0.1, -0.05) is 22.9 Å². The van der Waals surface area contributed by atoms with Gasteiger partial charge in [-0.15, -0.1) is 0 Å². The summed E-state index contributed by atoms with van der Waals surface area (Å²) in [7, 11) is 0. The van der Waals surface area contributed by atoms with Crippen molar-refractivity contribution in [1.82, 2.24) is 15.1 Å². The fraction of sp³-hybridized carbons (Fsp3) is 0.188. The number of rotatable bonds is 4. The van der Waals surface area contributed by atoms with Crippen molar-refractivity contribution in [3.05, 3.63) is 59.6 Å². The average Bonchev–Trinajstić information content (AvgIpc) is 2.96. The van der Waals surface area contributed by atoms with Crippen molar-refractivity contribution in [3.8, 4) is 11.5 Å². The number of aromatic nitrogens is 3. The van der Waals surface area contributed by atoms with E-state index in [0.717, 1.165) is 16.9 Å². The van der Waals surface area contributed by atoms with Gasteiger partial charge in [0.15, 0.2) is 0 Å². The molecule has 0 atom stereocenters. The largest absolute Gasteiger partial charge is 0.376 e. The predicted octanol–water partition coefficient (Wildman–Crippen LogP) is 3.36. The highest BCUT2D eigenvalue weighted by Crippen LogP contribution is 2.15. The molecular weight excluding hydrogens is 264 g/mol. The third-order valence-electron chi connectivity index (χ3n) is 3.11. The molecule has 21 heavy (non-hydrogen) atoms. The van der Waals surface area contributed by atoms with Gasteiger partial charge in [-0.25, -0.2) is 0 Å². The molecule has 0 amide bonds. The molecule has 3 rings (SSSR count). The monoisotopic (exact) mass is 280 g/mol. The van der Waals surface area contributed by atoms with Crippen LogP contribution < -0.4 is 5.32 Å². The summed E-state index contributed by atoms with van der Waals surface area (Å²) in [5, 5.41) is 7.21. The van der Waals surface area contributed by atoms with Gasteiger partial charge in [0.1, 0.15) is 5.69 Å². The molecule has 0 aliphatic rings. The van der Waals surface area contributed by atoms with Gasteiger partial charge in [0, 0.05) is 11.9 Å². The summed E-state index contributed by atoms with van der Waals surface area (Å²) in [5.74, 6) is 1.05. The van der Waals surface area contributed by atoms with Crippen LogP contribution in [-0.2, 0) is 6.54 Å². The minimum Gasteiger partial charge on any atom is -0.376 e. The maximum atomic E-state index is 5.24. The van der Waals surface area contributed by atoms with E-state index in [1.54, 1.807) is 6.20 Å². The molecule has 2 heterocycles. The molecule has 0 radical (unpaired) electrons. The third-order valence-corrected chi connectivity index (χ3v) is 3.11. The Labute approximate surface area is 123 Å². The van der Waals surface area contributed by atoms with E-state index in [1.165, 1.54) is 5.56 Å². The topological polar surface area (TPSA) is 63.8 Å². The molecule has 1 N–H and O–H groups in total. The van der Waals surface area contributed by atoms with Crippen LogP contribution in [0.2, 0.25) is 0 Å². The van der Waals surface area contributed by atoms with Crippen molar-refractivity contribution in [2.24, 2.45) is 0 Å². The van der Waals surface area contributed by atoms with E-state index >= 15 is 0 Å². The number of nitrogens with zero attached hydrogens (tertiary/aromatic N) is 3. The van der Waals surface area contributed by atoms with Crippen molar-refractivity contribution in [3.63, 3.8) is 0 Å². The standard InChI is InChI=1S/C16H16N4O/c1-11-3-5-13(6-4-11)18-10-15-19-16(20-21-15)14-9-12(2)7-8-17-14/h3-9,18H,10H2,1-2H3. The molecule has 0 aliphatic heterocycles. The lowest BCUT2D eigenvalue weighted by Gasteiger charge is -2.02. The molecule has 0 bridgehead atoms. The molecule has 1 aromatic carbocycles. The smallest absolute Gasteiger partial charge is 0.246 e. The first kappa shape index (κ1) is 13.3. The van der Waals surface area contributed by atoms with Crippen LogP contribution in [0.5, 0.6) is 0 Å². The summed E-state index contributed by atoms with van der Waals surface area (Å²) in [4.78, 5) is 8.60. The molecular formula is C16H16N4O. The predicted molar refractivity (Wildman–Crippen MR) is 80.8 cm³/mol. The SMILES string of the molecule is Cc1ccc(NCc2nc(-c3cc(C)ccn3)no2)cc1. The van der Waals surface area contributed by atoms with Crippen molar-refractivity contribution in [2.75, 3.05) is 5.32 Å². The summed E-state index contributed by atoms with van der Waals surface area (Å²) in [6.07, 6.45) is 1.74. The molecule has 2 aromatic heterocycles. The fourth-order valence-corrected chi connectivity index (χ4v) is 1.94. The van der Waals surface area contributed by atoms with Gasteiger partial charge < -0.3 is 9.84 Å². The lowest BCUT2D eigenvalue weighted by molar-refractivity contribution is 0.384. The van der Waals surface area contributed by atoms with Crippen LogP contribution in [-0.4, -0.2) is 15.1 Å². The zero-order valence-electron chi connectivity index (χ0n) is 12.0. The second-order valence-electron chi connectivity index (χ2n) is 4.95. The molecule has 0 fully saturated rings. The van der Waals surface area contributed by atoms with Gasteiger partial charge in [-0.2, -0.15) is 4.98 Å². The van der Waals surface area contributed by atoms with Crippen LogP contribution in [0, 0.1) is 13.8 Å². The quantitative estimate of drug-likeness (QED) is 0.794. The number of benzene rings is 1. The Balaban J connectivity index is 1.69. The van der Waals surface area contributed by atoms with E-state index in [2.05, 4.69) is 39.5 Å². The number of pyridine rings is 1. The first-order valence-electron chi connectivity index (χ1n) is 6.77. The van der Waals surface area contributed by atoms with E-state index in [9.17, 15) is 0 Å². The molecule has 0 unspecified atom stereocenters. The first-order valence-corrected chi connectivity index (χ1v) is 6.77. The Morgan fingerprint density at radius 3 is 2.62 bits per heavy atom. The highest BCUT2D eigenvalue weighted by molar-refractivity contribution is 5.49. The lowest BCUT2D eigenvalue weighted by atomic mass is 10.2. The Morgan fingerprint density at radius 2 is 1.86 bits per heavy atom. The van der Waals surface area contributed by atoms with E-state index in [4.69, 9.17) is 4.52 Å². The van der Waals surface area contributed by atoms with Gasteiger partial charge in [-0.3, -0.25) is 4.98 Å². The van der Waals surface area contributed by atoms with Gasteiger partial charge >= 0.3 is 0 Å². The number of anilines is 1. The normalized spacial score (nSPS) is 10.6. The van der Waals surface area contributed by atoms with E-state index < -0.39 is 0 Å². The number of nitrogens with one attached hydrogen (secondary N) is 1. The molecule has 5 heteroatoms. The number of aryl methyl sites for hydroxylation is 2. The van der Waals surface area contributed by atoms with Crippen LogP contribution in [0.1, 0.15) is 17.0 Å². The van der Waals surface area contributed by atoms with Crippen LogP contribution >= 0.6 is 0 Å². The summed E-state index contributed by atoms with van der Waals surface area (Å²) >= 11 is 0. The zero-order chi connectivity index (χ0) is 14.7. The van der Waals surface area contributed by atoms with E-state index in [0.29, 0.717) is 18.3 Å². The van der Waals surface area contributed by atoms with Crippen molar-refractivity contribution in [2.45, 2.75) is 20.4 Å². The highest BCUT2D eigenvalue weighted by Gasteiger charge is 2.09. The maximum Gasteiger partial charge on any atom is 0.246 e. The van der Waals surface area contributed by atoms with Gasteiger partial charge in [-0.05, 0) is 43.7 Å². The van der Waals surface area contributed by atoms with Crippen molar-refractivity contribution in [1.29, 1.82) is 0 Å². The molecule has 0 saturated heterocycles. The summed E-state index contributed by atoms with van der Waals surface area (Å²) in [6, 6.07) is 12.0. The average molecular weight is 280 g/mol. The van der Waals surface area contributed by atoms with Crippen LogP contribution in [0.3, 0.4) is 0 Å². The van der Waals surface area contributed by atoms with Crippen LogP contribution in [0.15, 0.2) is 47.1 Å². The minimum absolute atomic E-state index is 0.488. The Kier molecular flexibility index (Phi) is 3.64. The van der Waals surface area contributed by atoms with Gasteiger partial charge in [0.05, 0.1) is 6.54 Å². The van der Waals surface area contributed by atoms with Gasteiger partial charge in [0.2, 0.25) is 11.7 Å². The summed E-state index contributed by atoms with van der Waals surface area (Å²) in [6.45, 7) is 4.55. The fourth-order valence-electron chi connectivity index (χ4n) is 1.94. The Hall–Kier alpha value is -2.69. The molecule has 0 aliphatic carbocycles. The van der Waals surface area contributed by atoms with E-state index in [-0.39, 0.29) is 0 Å². The van der Waals surface area contributed by atoms with Crippen molar-refractivity contribution < 1.29 is 4.52 Å². The highest BCUT2D eigenvalue weighted by atomic mass is 16.5. The van der Waals surface area contributed by atoms with Crippen LogP contribution in [0.25, 0.3) is 11.5 Å². The Bertz CT molecular complexity index is 734. The van der Waals surface area contributed by atoms with E-state index in [1.807, 2.05) is 31.2 Å². The number of hydrogen-bond donors (Lipinski definition) is 1. The first-order chi connectivity index (χ1) is 10.2. The third kappa shape index (κ3) is 3.25. The summed E-state index contributed by atoms with van der Waals surface area (Å²) in [5.41, 5.74) is 4.09. The minimum atomic E-state index is 0.488. The lowest BCUT2D eigenvalue weighted by Crippen LogP contribution is -1.99. The molecule has 5 nitrogen and oxygen atoms in total. The molecule has 0 spiro atoms. The van der Waals surface area contributed by atoms with Gasteiger partial charge in [0.25, 0.3) is 0 Å². The van der Waals surface area contributed by atoms with Crippen molar-refractivity contribution >= 4 is 5.69 Å². The van der Waals surface area contributed by atoms with Crippen LogP contribution in [0.4, 0.5) is 5.69 Å². The molecule has 106 valence electrons. The second-order valence-corrected chi connectivity index (χ2v) is 4.95. The molecule has 0 saturated carbocycles. The second kappa shape index (κ2) is 5.75. The Morgan fingerprint density at radius 1 is 1.05 bits per heavy atom. The zero-order valence-corrected chi connectivity index (χ0v) is 12.0.